The van der Waals surface area contributed by atoms with Crippen LogP contribution >= 0.6 is 0 Å². The molecule has 90 valence electrons. The van der Waals surface area contributed by atoms with Crippen LogP contribution < -0.4 is 0 Å². The monoisotopic (exact) mass is 238 g/mol. The second-order valence-electron chi connectivity index (χ2n) is 4.33. The van der Waals surface area contributed by atoms with E-state index in [0.29, 0.717) is 12.2 Å². The normalized spacial score (nSPS) is 12.7. The Balaban J connectivity index is 1.95. The summed E-state index contributed by atoms with van der Waals surface area (Å²) in [5, 5.41) is 12.5. The first-order chi connectivity index (χ1) is 8.84. The molecule has 18 heavy (non-hydrogen) atoms. The Kier molecular flexibility index (Phi) is 2.82. The molecule has 0 fully saturated rings. The van der Waals surface area contributed by atoms with Crippen molar-refractivity contribution < 1.29 is 5.11 Å². The largest absolute Gasteiger partial charge is 0.385 e. The van der Waals surface area contributed by atoms with Crippen molar-refractivity contribution in [2.75, 3.05) is 0 Å². The van der Waals surface area contributed by atoms with Crippen LogP contribution in [0.2, 0.25) is 0 Å². The summed E-state index contributed by atoms with van der Waals surface area (Å²) in [6.45, 7) is 0. The lowest BCUT2D eigenvalue weighted by Crippen LogP contribution is -2.04. The van der Waals surface area contributed by atoms with Crippen LogP contribution in [0.3, 0.4) is 0 Å². The molecule has 2 aromatic carbocycles. The van der Waals surface area contributed by atoms with Gasteiger partial charge in [0.2, 0.25) is 0 Å². The fourth-order valence-electron chi connectivity index (χ4n) is 2.24. The summed E-state index contributed by atoms with van der Waals surface area (Å²) in [5.41, 5.74) is 1.14. The molecule has 1 heterocycles. The second kappa shape index (κ2) is 4.63. The Bertz CT molecular complexity index is 641. The van der Waals surface area contributed by atoms with Gasteiger partial charge in [0.25, 0.3) is 0 Å². The van der Waals surface area contributed by atoms with E-state index in [0.717, 1.165) is 5.56 Å². The minimum Gasteiger partial charge on any atom is -0.385 e. The van der Waals surface area contributed by atoms with Gasteiger partial charge in [0.05, 0.1) is 0 Å². The average Bonchev–Trinajstić information content (AvgIpc) is 2.93. The highest BCUT2D eigenvalue weighted by Crippen LogP contribution is 2.23. The number of aliphatic hydroxyl groups excluding tert-OH is 1. The van der Waals surface area contributed by atoms with Gasteiger partial charge in [-0.25, -0.2) is 4.98 Å². The van der Waals surface area contributed by atoms with Gasteiger partial charge in [0, 0.05) is 18.8 Å². The van der Waals surface area contributed by atoms with Crippen LogP contribution in [0.5, 0.6) is 0 Å². The zero-order chi connectivity index (χ0) is 12.4. The zero-order valence-corrected chi connectivity index (χ0v) is 9.88. The molecule has 0 aliphatic rings. The summed E-state index contributed by atoms with van der Waals surface area (Å²) in [6.07, 6.45) is 3.35. The molecule has 3 nitrogen and oxygen atoms in total. The number of imidazole rings is 1. The van der Waals surface area contributed by atoms with Gasteiger partial charge < -0.3 is 10.1 Å². The average molecular weight is 238 g/mol. The van der Waals surface area contributed by atoms with Gasteiger partial charge in [0.1, 0.15) is 11.9 Å². The molecule has 1 unspecified atom stereocenters. The van der Waals surface area contributed by atoms with Gasteiger partial charge >= 0.3 is 0 Å². The first kappa shape index (κ1) is 11.0. The van der Waals surface area contributed by atoms with E-state index in [-0.39, 0.29) is 0 Å². The maximum absolute atomic E-state index is 10.1. The first-order valence-corrected chi connectivity index (χ1v) is 5.98. The molecule has 1 aromatic heterocycles. The topological polar surface area (TPSA) is 48.9 Å². The summed E-state index contributed by atoms with van der Waals surface area (Å²) in [5.74, 6) is 0.614. The standard InChI is InChI=1S/C15H14N2O/c18-14(15-16-8-9-17-15)10-12-6-3-5-11-4-1-2-7-13(11)12/h1-9,14,18H,10H2,(H,16,17). The molecule has 0 aliphatic carbocycles. The van der Waals surface area contributed by atoms with Crippen molar-refractivity contribution in [2.45, 2.75) is 12.5 Å². The second-order valence-corrected chi connectivity index (χ2v) is 4.33. The molecule has 0 spiro atoms. The van der Waals surface area contributed by atoms with Gasteiger partial charge in [-0.15, -0.1) is 0 Å². The molecule has 0 saturated heterocycles. The van der Waals surface area contributed by atoms with E-state index >= 15 is 0 Å². The van der Waals surface area contributed by atoms with Gasteiger partial charge in [-0.05, 0) is 16.3 Å². The van der Waals surface area contributed by atoms with E-state index in [1.807, 2.05) is 18.2 Å². The fraction of sp³-hybridized carbons (Fsp3) is 0.133. The molecule has 0 saturated carbocycles. The number of H-pyrrole nitrogens is 1. The third-order valence-corrected chi connectivity index (χ3v) is 3.13. The van der Waals surface area contributed by atoms with E-state index in [1.54, 1.807) is 12.4 Å². The summed E-state index contributed by atoms with van der Waals surface area (Å²) < 4.78 is 0. The van der Waals surface area contributed by atoms with Gasteiger partial charge in [-0.2, -0.15) is 0 Å². The van der Waals surface area contributed by atoms with E-state index in [4.69, 9.17) is 0 Å². The fourth-order valence-corrected chi connectivity index (χ4v) is 2.24. The van der Waals surface area contributed by atoms with Crippen LogP contribution in [0.15, 0.2) is 54.9 Å². The predicted octanol–water partition coefficient (Wildman–Crippen LogP) is 2.84. The summed E-state index contributed by atoms with van der Waals surface area (Å²) in [6, 6.07) is 14.4. The van der Waals surface area contributed by atoms with Crippen molar-refractivity contribution in [3.05, 3.63) is 66.2 Å². The molecule has 1 atom stereocenters. The minimum absolute atomic E-state index is 0.564. The quantitative estimate of drug-likeness (QED) is 0.737. The van der Waals surface area contributed by atoms with Crippen molar-refractivity contribution in [3.63, 3.8) is 0 Å². The number of nitrogens with one attached hydrogen (secondary N) is 1. The van der Waals surface area contributed by atoms with Crippen molar-refractivity contribution in [3.8, 4) is 0 Å². The third kappa shape index (κ3) is 2.00. The van der Waals surface area contributed by atoms with Crippen LogP contribution in [0.1, 0.15) is 17.5 Å². The van der Waals surface area contributed by atoms with Crippen LogP contribution in [-0.2, 0) is 6.42 Å². The predicted molar refractivity (Wildman–Crippen MR) is 71.2 cm³/mol. The summed E-state index contributed by atoms with van der Waals surface area (Å²) >= 11 is 0. The lowest BCUT2D eigenvalue weighted by Gasteiger charge is -2.10. The van der Waals surface area contributed by atoms with Crippen LogP contribution in [0.4, 0.5) is 0 Å². The number of aliphatic hydroxyl groups is 1. The summed E-state index contributed by atoms with van der Waals surface area (Å²) in [4.78, 5) is 7.03. The third-order valence-electron chi connectivity index (χ3n) is 3.13. The molecule has 0 bridgehead atoms. The van der Waals surface area contributed by atoms with Crippen molar-refractivity contribution in [1.82, 2.24) is 9.97 Å². The molecule has 0 aliphatic heterocycles. The Morgan fingerprint density at radius 1 is 1.11 bits per heavy atom. The molecular formula is C15H14N2O. The SMILES string of the molecule is OC(Cc1cccc2ccccc12)c1ncc[nH]1. The number of hydrogen-bond donors (Lipinski definition) is 2. The molecular weight excluding hydrogens is 224 g/mol. The Labute approximate surface area is 105 Å². The number of aromatic amines is 1. The molecule has 3 heteroatoms. The van der Waals surface area contributed by atoms with E-state index in [9.17, 15) is 5.11 Å². The van der Waals surface area contributed by atoms with Crippen LogP contribution in [-0.4, -0.2) is 15.1 Å². The minimum atomic E-state index is -0.592. The highest BCUT2D eigenvalue weighted by molar-refractivity contribution is 5.85. The Morgan fingerprint density at radius 2 is 1.94 bits per heavy atom. The maximum atomic E-state index is 10.1. The van der Waals surface area contributed by atoms with E-state index in [1.165, 1.54) is 10.8 Å². The number of aromatic nitrogens is 2. The van der Waals surface area contributed by atoms with Gasteiger partial charge in [-0.1, -0.05) is 42.5 Å². The molecule has 2 N–H and O–H groups in total. The lowest BCUT2D eigenvalue weighted by molar-refractivity contribution is 0.170. The highest BCUT2D eigenvalue weighted by Gasteiger charge is 2.12. The summed E-state index contributed by atoms with van der Waals surface area (Å²) in [7, 11) is 0. The number of fused-ring (bicyclic) bond motifs is 1. The number of hydrogen-bond acceptors (Lipinski definition) is 2. The van der Waals surface area contributed by atoms with Crippen molar-refractivity contribution >= 4 is 10.8 Å². The maximum Gasteiger partial charge on any atom is 0.135 e. The number of nitrogens with zero attached hydrogens (tertiary/aromatic N) is 1. The van der Waals surface area contributed by atoms with Gasteiger partial charge in [-0.3, -0.25) is 0 Å². The smallest absolute Gasteiger partial charge is 0.135 e. The number of rotatable bonds is 3. The zero-order valence-electron chi connectivity index (χ0n) is 9.88. The Morgan fingerprint density at radius 3 is 2.78 bits per heavy atom. The molecule has 3 aromatic rings. The van der Waals surface area contributed by atoms with E-state index in [2.05, 4.69) is 34.2 Å². The Hall–Kier alpha value is -2.13. The number of benzene rings is 2. The molecule has 0 amide bonds. The van der Waals surface area contributed by atoms with Crippen LogP contribution in [0, 0.1) is 0 Å². The molecule has 0 radical (unpaired) electrons. The lowest BCUT2D eigenvalue weighted by atomic mass is 10.00. The van der Waals surface area contributed by atoms with E-state index < -0.39 is 6.10 Å². The highest BCUT2D eigenvalue weighted by atomic mass is 16.3. The first-order valence-electron chi connectivity index (χ1n) is 5.98. The van der Waals surface area contributed by atoms with Crippen molar-refractivity contribution in [2.24, 2.45) is 0 Å². The van der Waals surface area contributed by atoms with Crippen LogP contribution in [0.25, 0.3) is 10.8 Å². The van der Waals surface area contributed by atoms with Gasteiger partial charge in [0.15, 0.2) is 0 Å². The van der Waals surface area contributed by atoms with Crippen molar-refractivity contribution in [1.29, 1.82) is 0 Å². The molecule has 3 rings (SSSR count).